The summed E-state index contributed by atoms with van der Waals surface area (Å²) in [4.78, 5) is 9.33. The third-order valence-electron chi connectivity index (χ3n) is 4.37. The van der Waals surface area contributed by atoms with Gasteiger partial charge in [-0.3, -0.25) is 4.90 Å². The van der Waals surface area contributed by atoms with E-state index in [1.807, 2.05) is 0 Å². The van der Waals surface area contributed by atoms with Gasteiger partial charge in [0, 0.05) is 44.7 Å². The Balaban J connectivity index is 1.37. The van der Waals surface area contributed by atoms with Crippen molar-refractivity contribution >= 4 is 5.95 Å². The lowest BCUT2D eigenvalue weighted by atomic mass is 10.1. The number of anilines is 1. The predicted molar refractivity (Wildman–Crippen MR) is 77.9 cm³/mol. The Morgan fingerprint density at radius 1 is 1.30 bits per heavy atom. The Labute approximate surface area is 120 Å². The number of hydrogen-bond acceptors (Lipinski definition) is 6. The molecule has 1 saturated carbocycles. The minimum Gasteiger partial charge on any atom is -0.352 e. The average Bonchev–Trinajstić information content (AvgIpc) is 3.20. The van der Waals surface area contributed by atoms with E-state index in [-0.39, 0.29) is 0 Å². The largest absolute Gasteiger partial charge is 0.352 e. The van der Waals surface area contributed by atoms with Crippen molar-refractivity contribution in [2.24, 2.45) is 0 Å². The van der Waals surface area contributed by atoms with Crippen molar-refractivity contribution in [3.63, 3.8) is 0 Å². The molecule has 1 aromatic heterocycles. The molecule has 1 N–H and O–H groups in total. The van der Waals surface area contributed by atoms with Crippen molar-refractivity contribution < 1.29 is 4.52 Å². The Kier molecular flexibility index (Phi) is 4.21. The van der Waals surface area contributed by atoms with E-state index in [2.05, 4.69) is 39.2 Å². The molecule has 0 unspecified atom stereocenters. The fourth-order valence-corrected chi connectivity index (χ4v) is 2.64. The van der Waals surface area contributed by atoms with E-state index < -0.39 is 0 Å². The lowest BCUT2D eigenvalue weighted by molar-refractivity contribution is 0.116. The molecule has 1 aliphatic heterocycles. The summed E-state index contributed by atoms with van der Waals surface area (Å²) < 4.78 is 5.23. The van der Waals surface area contributed by atoms with Gasteiger partial charge < -0.3 is 14.7 Å². The minimum absolute atomic E-state index is 0.530. The van der Waals surface area contributed by atoms with Crippen LogP contribution in [0.2, 0.25) is 0 Å². The molecule has 2 heterocycles. The summed E-state index contributed by atoms with van der Waals surface area (Å²) in [6, 6.07) is 0.603. The highest BCUT2D eigenvalue weighted by Gasteiger charge is 2.29. The molecule has 1 saturated heterocycles. The van der Waals surface area contributed by atoms with Gasteiger partial charge in [-0.1, -0.05) is 0 Å². The van der Waals surface area contributed by atoms with E-state index in [1.54, 1.807) is 0 Å². The second-order valence-electron chi connectivity index (χ2n) is 6.13. The van der Waals surface area contributed by atoms with Crippen molar-refractivity contribution in [2.45, 2.75) is 38.1 Å². The van der Waals surface area contributed by atoms with Gasteiger partial charge >= 0.3 is 0 Å². The number of likely N-dealkylation sites (N-methyl/N-ethyl adjacent to an activating group) is 1. The molecule has 1 aliphatic carbocycles. The molecule has 20 heavy (non-hydrogen) atoms. The summed E-state index contributed by atoms with van der Waals surface area (Å²) in [7, 11) is 2.19. The van der Waals surface area contributed by atoms with Crippen LogP contribution in [0.1, 0.15) is 38.0 Å². The molecule has 2 fully saturated rings. The first kappa shape index (κ1) is 13.8. The maximum absolute atomic E-state index is 5.23. The first-order chi connectivity index (χ1) is 9.72. The highest BCUT2D eigenvalue weighted by molar-refractivity contribution is 5.22. The number of hydrogen-bond donors (Lipinski definition) is 1. The van der Waals surface area contributed by atoms with Gasteiger partial charge in [0.2, 0.25) is 5.89 Å². The molecule has 3 rings (SSSR count). The molecule has 0 amide bonds. The second-order valence-corrected chi connectivity index (χ2v) is 6.13. The van der Waals surface area contributed by atoms with Crippen molar-refractivity contribution in [2.75, 3.05) is 45.1 Å². The molecular formula is C14H25N5O. The van der Waals surface area contributed by atoms with E-state index in [4.69, 9.17) is 4.52 Å². The fraction of sp³-hybridized carbons (Fsp3) is 0.857. The van der Waals surface area contributed by atoms with Gasteiger partial charge in [-0.2, -0.15) is 4.98 Å². The zero-order valence-electron chi connectivity index (χ0n) is 12.5. The van der Waals surface area contributed by atoms with Crippen molar-refractivity contribution in [3.8, 4) is 0 Å². The van der Waals surface area contributed by atoms with Crippen molar-refractivity contribution in [3.05, 3.63) is 5.89 Å². The Morgan fingerprint density at radius 3 is 2.75 bits per heavy atom. The topological polar surface area (TPSA) is 57.4 Å². The third-order valence-corrected chi connectivity index (χ3v) is 4.37. The van der Waals surface area contributed by atoms with Crippen LogP contribution in [0.5, 0.6) is 0 Å². The number of rotatable bonds is 6. The van der Waals surface area contributed by atoms with Gasteiger partial charge in [-0.05, 0) is 38.4 Å². The number of aromatic nitrogens is 2. The lowest BCUT2D eigenvalue weighted by Gasteiger charge is -2.36. The standard InChI is InChI=1S/C14H25N5O/c1-11(19-9-7-18(2)8-10-19)5-6-15-14-16-13(20-17-14)12-3-4-12/h11-12H,3-10H2,1-2H3,(H,15,17)/t11-/m0/s1. The van der Waals surface area contributed by atoms with Crippen LogP contribution < -0.4 is 5.32 Å². The molecule has 0 radical (unpaired) electrons. The summed E-state index contributed by atoms with van der Waals surface area (Å²) in [6.07, 6.45) is 3.50. The van der Waals surface area contributed by atoms with Crippen LogP contribution in [0.3, 0.4) is 0 Å². The van der Waals surface area contributed by atoms with Crippen molar-refractivity contribution in [1.29, 1.82) is 0 Å². The molecule has 0 aromatic carbocycles. The molecule has 0 spiro atoms. The maximum Gasteiger partial charge on any atom is 0.263 e. The van der Waals surface area contributed by atoms with E-state index >= 15 is 0 Å². The second kappa shape index (κ2) is 6.10. The quantitative estimate of drug-likeness (QED) is 0.849. The first-order valence-corrected chi connectivity index (χ1v) is 7.72. The van der Waals surface area contributed by atoms with Gasteiger partial charge in [-0.15, -0.1) is 0 Å². The summed E-state index contributed by atoms with van der Waals surface area (Å²) in [5, 5.41) is 7.25. The normalized spacial score (nSPS) is 22.9. The zero-order valence-corrected chi connectivity index (χ0v) is 12.5. The van der Waals surface area contributed by atoms with Crippen LogP contribution in [0.4, 0.5) is 5.95 Å². The maximum atomic E-state index is 5.23. The van der Waals surface area contributed by atoms with Crippen molar-refractivity contribution in [1.82, 2.24) is 19.9 Å². The molecular weight excluding hydrogens is 254 g/mol. The van der Waals surface area contributed by atoms with Crippen LogP contribution in [-0.4, -0.2) is 65.8 Å². The SMILES string of the molecule is C[C@@H](CCNc1noc(C2CC2)n1)N1CCN(C)CC1. The van der Waals surface area contributed by atoms with E-state index in [9.17, 15) is 0 Å². The third kappa shape index (κ3) is 3.49. The highest BCUT2D eigenvalue weighted by atomic mass is 16.5. The molecule has 0 bridgehead atoms. The highest BCUT2D eigenvalue weighted by Crippen LogP contribution is 2.39. The predicted octanol–water partition coefficient (Wildman–Crippen LogP) is 1.38. The molecule has 1 atom stereocenters. The van der Waals surface area contributed by atoms with E-state index in [1.165, 1.54) is 39.0 Å². The average molecular weight is 279 g/mol. The van der Waals surface area contributed by atoms with E-state index in [0.29, 0.717) is 17.9 Å². The fourth-order valence-electron chi connectivity index (χ4n) is 2.64. The molecule has 6 heteroatoms. The van der Waals surface area contributed by atoms with Gasteiger partial charge in [0.05, 0.1) is 0 Å². The van der Waals surface area contributed by atoms with Gasteiger partial charge in [0.15, 0.2) is 0 Å². The smallest absolute Gasteiger partial charge is 0.263 e. The van der Waals surface area contributed by atoms with Gasteiger partial charge in [-0.25, -0.2) is 0 Å². The Hall–Kier alpha value is -1.14. The minimum atomic E-state index is 0.530. The molecule has 6 nitrogen and oxygen atoms in total. The van der Waals surface area contributed by atoms with Gasteiger partial charge in [0.25, 0.3) is 5.95 Å². The van der Waals surface area contributed by atoms with Crippen LogP contribution in [0.25, 0.3) is 0 Å². The summed E-state index contributed by atoms with van der Waals surface area (Å²) >= 11 is 0. The molecule has 112 valence electrons. The number of nitrogens with one attached hydrogen (secondary N) is 1. The molecule has 1 aromatic rings. The Morgan fingerprint density at radius 2 is 2.05 bits per heavy atom. The van der Waals surface area contributed by atoms with Crippen LogP contribution >= 0.6 is 0 Å². The molecule has 2 aliphatic rings. The van der Waals surface area contributed by atoms with Gasteiger partial charge in [0.1, 0.15) is 0 Å². The van der Waals surface area contributed by atoms with Crippen LogP contribution in [0.15, 0.2) is 4.52 Å². The Bertz CT molecular complexity index is 423. The number of nitrogens with zero attached hydrogens (tertiary/aromatic N) is 4. The monoisotopic (exact) mass is 279 g/mol. The summed E-state index contributed by atoms with van der Waals surface area (Å²) in [5.74, 6) is 1.99. The lowest BCUT2D eigenvalue weighted by Crippen LogP contribution is -2.48. The van der Waals surface area contributed by atoms with E-state index in [0.717, 1.165) is 18.9 Å². The first-order valence-electron chi connectivity index (χ1n) is 7.72. The van der Waals surface area contributed by atoms with Crippen LogP contribution in [-0.2, 0) is 0 Å². The number of piperazine rings is 1. The summed E-state index contributed by atoms with van der Waals surface area (Å²) in [6.45, 7) is 7.90. The van der Waals surface area contributed by atoms with Crippen LogP contribution in [0, 0.1) is 0 Å². The summed E-state index contributed by atoms with van der Waals surface area (Å²) in [5.41, 5.74) is 0. The zero-order chi connectivity index (χ0) is 13.9.